The minimum atomic E-state index is -0.413. The summed E-state index contributed by atoms with van der Waals surface area (Å²) in [7, 11) is 0. The van der Waals surface area contributed by atoms with Gasteiger partial charge in [-0.05, 0) is 37.1 Å². The molecule has 0 atom stereocenters. The van der Waals surface area contributed by atoms with Crippen molar-refractivity contribution in [1.82, 2.24) is 4.98 Å². The van der Waals surface area contributed by atoms with Crippen LogP contribution in [0.2, 0.25) is 0 Å². The number of anilines is 2. The molecule has 0 saturated carbocycles. The normalized spacial score (nSPS) is 14.6. The Morgan fingerprint density at radius 1 is 1.08 bits per heavy atom. The van der Waals surface area contributed by atoms with Crippen molar-refractivity contribution in [2.45, 2.75) is 25.7 Å². The maximum atomic E-state index is 12.4. The van der Waals surface area contributed by atoms with Crippen LogP contribution in [0.5, 0.6) is 0 Å². The fourth-order valence-corrected chi connectivity index (χ4v) is 3.03. The van der Waals surface area contributed by atoms with Crippen LogP contribution in [-0.4, -0.2) is 28.9 Å². The molecule has 7 nitrogen and oxygen atoms in total. The number of nitro benzene ring substituents is 1. The van der Waals surface area contributed by atoms with Crippen LogP contribution in [0.4, 0.5) is 17.1 Å². The molecule has 1 N–H and O–H groups in total. The summed E-state index contributed by atoms with van der Waals surface area (Å²) >= 11 is 0. The third-order valence-corrected chi connectivity index (χ3v) is 4.32. The maximum absolute atomic E-state index is 12.4. The van der Waals surface area contributed by atoms with Gasteiger partial charge in [0.1, 0.15) is 5.69 Å². The second-order valence-corrected chi connectivity index (χ2v) is 6.05. The van der Waals surface area contributed by atoms with E-state index in [1.807, 2.05) is 0 Å². The molecule has 1 aromatic heterocycles. The van der Waals surface area contributed by atoms with E-state index in [-0.39, 0.29) is 17.2 Å². The average molecular weight is 340 g/mol. The molecule has 1 fully saturated rings. The van der Waals surface area contributed by atoms with Crippen molar-refractivity contribution in [2.24, 2.45) is 0 Å². The summed E-state index contributed by atoms with van der Waals surface area (Å²) in [6, 6.07) is 8.02. The van der Waals surface area contributed by atoms with Crippen molar-refractivity contribution in [2.75, 3.05) is 23.3 Å². The molecule has 3 rings (SSSR count). The molecular weight excluding hydrogens is 320 g/mol. The van der Waals surface area contributed by atoms with Gasteiger partial charge in [0.25, 0.3) is 11.6 Å². The highest BCUT2D eigenvalue weighted by molar-refractivity contribution is 6.05. The highest BCUT2D eigenvalue weighted by Gasteiger charge is 2.22. The van der Waals surface area contributed by atoms with E-state index in [2.05, 4.69) is 15.2 Å². The van der Waals surface area contributed by atoms with E-state index in [1.165, 1.54) is 6.07 Å². The number of benzene rings is 1. The number of hydrogen-bond donors (Lipinski definition) is 1. The van der Waals surface area contributed by atoms with Gasteiger partial charge in [0.05, 0.1) is 4.92 Å². The standard InChI is InChI=1S/C18H20N4O3/c23-18(20-15-7-9-19-10-8-15)14-5-6-16(17(13-14)22(24)25)21-11-3-1-2-4-12-21/h5-10,13H,1-4,11-12H2,(H,19,20,23). The quantitative estimate of drug-likeness (QED) is 0.678. The van der Waals surface area contributed by atoms with Gasteiger partial charge in [-0.25, -0.2) is 0 Å². The first kappa shape index (κ1) is 16.9. The highest BCUT2D eigenvalue weighted by atomic mass is 16.6. The third kappa shape index (κ3) is 4.12. The first-order chi connectivity index (χ1) is 12.1. The number of carbonyl (C=O) groups is 1. The number of pyridine rings is 1. The molecule has 2 heterocycles. The monoisotopic (exact) mass is 340 g/mol. The summed E-state index contributed by atoms with van der Waals surface area (Å²) < 4.78 is 0. The predicted molar refractivity (Wildman–Crippen MR) is 96.0 cm³/mol. The van der Waals surface area contributed by atoms with E-state index in [0.717, 1.165) is 38.8 Å². The van der Waals surface area contributed by atoms with Gasteiger partial charge in [-0.3, -0.25) is 19.9 Å². The van der Waals surface area contributed by atoms with Crippen molar-refractivity contribution in [3.05, 3.63) is 58.4 Å². The summed E-state index contributed by atoms with van der Waals surface area (Å²) in [6.45, 7) is 1.62. The van der Waals surface area contributed by atoms with Crippen LogP contribution < -0.4 is 10.2 Å². The third-order valence-electron chi connectivity index (χ3n) is 4.32. The highest BCUT2D eigenvalue weighted by Crippen LogP contribution is 2.31. The number of nitrogens with zero attached hydrogens (tertiary/aromatic N) is 3. The van der Waals surface area contributed by atoms with Gasteiger partial charge in [0.2, 0.25) is 0 Å². The molecule has 25 heavy (non-hydrogen) atoms. The van der Waals surface area contributed by atoms with E-state index in [0.29, 0.717) is 11.4 Å². The molecule has 1 amide bonds. The van der Waals surface area contributed by atoms with Crippen molar-refractivity contribution in [3.63, 3.8) is 0 Å². The predicted octanol–water partition coefficient (Wildman–Crippen LogP) is 3.62. The van der Waals surface area contributed by atoms with Crippen LogP contribution in [0.15, 0.2) is 42.7 Å². The van der Waals surface area contributed by atoms with E-state index >= 15 is 0 Å². The molecular formula is C18H20N4O3. The van der Waals surface area contributed by atoms with Crippen molar-refractivity contribution < 1.29 is 9.72 Å². The Morgan fingerprint density at radius 3 is 2.40 bits per heavy atom. The second-order valence-electron chi connectivity index (χ2n) is 6.05. The molecule has 2 aromatic rings. The molecule has 1 aliphatic heterocycles. The Bertz CT molecular complexity index is 756. The summed E-state index contributed by atoms with van der Waals surface area (Å²) in [4.78, 5) is 29.4. The van der Waals surface area contributed by atoms with Crippen LogP contribution in [0.3, 0.4) is 0 Å². The topological polar surface area (TPSA) is 88.4 Å². The smallest absolute Gasteiger partial charge is 0.293 e. The molecule has 0 radical (unpaired) electrons. The number of nitro groups is 1. The largest absolute Gasteiger partial charge is 0.366 e. The summed E-state index contributed by atoms with van der Waals surface area (Å²) in [6.07, 6.45) is 7.50. The van der Waals surface area contributed by atoms with Crippen LogP contribution in [-0.2, 0) is 0 Å². The zero-order valence-electron chi connectivity index (χ0n) is 13.9. The van der Waals surface area contributed by atoms with Gasteiger partial charge in [-0.2, -0.15) is 0 Å². The number of aromatic nitrogens is 1. The lowest BCUT2D eigenvalue weighted by atomic mass is 10.1. The summed E-state index contributed by atoms with van der Waals surface area (Å²) in [5.41, 5.74) is 1.43. The van der Waals surface area contributed by atoms with E-state index in [1.54, 1.807) is 36.7 Å². The van der Waals surface area contributed by atoms with Gasteiger partial charge < -0.3 is 10.2 Å². The lowest BCUT2D eigenvalue weighted by Crippen LogP contribution is -2.25. The second kappa shape index (κ2) is 7.74. The Morgan fingerprint density at radius 2 is 1.76 bits per heavy atom. The van der Waals surface area contributed by atoms with Crippen LogP contribution in [0.25, 0.3) is 0 Å². The molecule has 0 spiro atoms. The average Bonchev–Trinajstić information content (AvgIpc) is 2.91. The zero-order chi connectivity index (χ0) is 17.6. The lowest BCUT2D eigenvalue weighted by molar-refractivity contribution is -0.384. The number of nitrogens with one attached hydrogen (secondary N) is 1. The van der Waals surface area contributed by atoms with Gasteiger partial charge in [-0.15, -0.1) is 0 Å². The summed E-state index contributed by atoms with van der Waals surface area (Å²) in [5.74, 6) is -0.378. The Hall–Kier alpha value is -2.96. The van der Waals surface area contributed by atoms with Gasteiger partial charge in [0.15, 0.2) is 0 Å². The molecule has 1 aliphatic rings. The first-order valence-electron chi connectivity index (χ1n) is 8.40. The minimum Gasteiger partial charge on any atom is -0.366 e. The molecule has 1 saturated heterocycles. The molecule has 130 valence electrons. The lowest BCUT2D eigenvalue weighted by Gasteiger charge is -2.22. The summed E-state index contributed by atoms with van der Waals surface area (Å²) in [5, 5.41) is 14.2. The van der Waals surface area contributed by atoms with E-state index in [4.69, 9.17) is 0 Å². The van der Waals surface area contributed by atoms with E-state index in [9.17, 15) is 14.9 Å². The van der Waals surface area contributed by atoms with Crippen molar-refractivity contribution >= 4 is 23.0 Å². The van der Waals surface area contributed by atoms with Crippen molar-refractivity contribution in [3.8, 4) is 0 Å². The van der Waals surface area contributed by atoms with Crippen LogP contribution >= 0.6 is 0 Å². The molecule has 0 aliphatic carbocycles. The fourth-order valence-electron chi connectivity index (χ4n) is 3.03. The van der Waals surface area contributed by atoms with Crippen LogP contribution in [0, 0.1) is 10.1 Å². The SMILES string of the molecule is O=C(Nc1ccncc1)c1ccc(N2CCCCCC2)c([N+](=O)[O-])c1. The Balaban J connectivity index is 1.85. The molecule has 7 heteroatoms. The van der Waals surface area contributed by atoms with Gasteiger partial charge in [-0.1, -0.05) is 12.8 Å². The number of hydrogen-bond acceptors (Lipinski definition) is 5. The number of amides is 1. The van der Waals surface area contributed by atoms with Gasteiger partial charge in [0, 0.05) is 42.8 Å². The zero-order valence-corrected chi connectivity index (χ0v) is 13.9. The fraction of sp³-hybridized carbons (Fsp3) is 0.333. The van der Waals surface area contributed by atoms with E-state index < -0.39 is 4.92 Å². The molecule has 0 bridgehead atoms. The number of carbonyl (C=O) groups excluding carboxylic acids is 1. The maximum Gasteiger partial charge on any atom is 0.293 e. The van der Waals surface area contributed by atoms with Crippen LogP contribution in [0.1, 0.15) is 36.0 Å². The number of rotatable bonds is 4. The Kier molecular flexibility index (Phi) is 5.23. The van der Waals surface area contributed by atoms with Crippen molar-refractivity contribution in [1.29, 1.82) is 0 Å². The first-order valence-corrected chi connectivity index (χ1v) is 8.40. The minimum absolute atomic E-state index is 0.0238. The molecule has 1 aromatic carbocycles. The molecule has 0 unspecified atom stereocenters. The Labute approximate surface area is 145 Å². The van der Waals surface area contributed by atoms with Gasteiger partial charge >= 0.3 is 0 Å².